The minimum Gasteiger partial charge on any atom is -0.481 e. The Morgan fingerprint density at radius 3 is 2.39 bits per heavy atom. The van der Waals surface area contributed by atoms with E-state index >= 15 is 0 Å². The summed E-state index contributed by atoms with van der Waals surface area (Å²) in [6.07, 6.45) is 1.05. The maximum Gasteiger partial charge on any atom is 0.306 e. The van der Waals surface area contributed by atoms with Gasteiger partial charge in [-0.1, -0.05) is 28.1 Å². The Balaban J connectivity index is 1.92. The van der Waals surface area contributed by atoms with E-state index in [1.807, 2.05) is 24.3 Å². The van der Waals surface area contributed by atoms with Crippen LogP contribution in [-0.2, 0) is 14.4 Å². The molecule has 0 heterocycles. The van der Waals surface area contributed by atoms with Gasteiger partial charge in [0, 0.05) is 17.4 Å². The summed E-state index contributed by atoms with van der Waals surface area (Å²) < 4.78 is 0.918. The van der Waals surface area contributed by atoms with Crippen molar-refractivity contribution in [2.45, 2.75) is 38.3 Å². The molecule has 0 aromatic heterocycles. The van der Waals surface area contributed by atoms with Crippen LogP contribution < -0.4 is 10.6 Å². The molecule has 0 saturated heterocycles. The molecule has 6 nitrogen and oxygen atoms in total. The van der Waals surface area contributed by atoms with E-state index in [1.54, 1.807) is 0 Å². The molecular weight excluding hydrogens is 364 g/mol. The molecule has 0 aliphatic heterocycles. The second-order valence-corrected chi connectivity index (χ2v) is 6.70. The summed E-state index contributed by atoms with van der Waals surface area (Å²) in [5, 5.41) is 14.4. The fourth-order valence-corrected chi connectivity index (χ4v) is 2.87. The molecule has 2 rings (SSSR count). The third-order valence-electron chi connectivity index (χ3n) is 3.89. The van der Waals surface area contributed by atoms with Gasteiger partial charge in [0.25, 0.3) is 0 Å². The average Bonchev–Trinajstić information content (AvgIpc) is 2.41. The van der Waals surface area contributed by atoms with Crippen molar-refractivity contribution in [2.24, 2.45) is 5.92 Å². The summed E-state index contributed by atoms with van der Waals surface area (Å²) in [6, 6.07) is 6.91. The monoisotopic (exact) mass is 382 g/mol. The number of carboxylic acid groups (broad SMARTS) is 1. The molecule has 7 heteroatoms. The van der Waals surface area contributed by atoms with E-state index in [-0.39, 0.29) is 30.2 Å². The molecule has 3 N–H and O–H groups in total. The summed E-state index contributed by atoms with van der Waals surface area (Å²) in [7, 11) is 0. The van der Waals surface area contributed by atoms with Gasteiger partial charge in [0.1, 0.15) is 0 Å². The molecule has 1 unspecified atom stereocenters. The molecule has 0 spiro atoms. The Morgan fingerprint density at radius 1 is 1.26 bits per heavy atom. The van der Waals surface area contributed by atoms with Crippen molar-refractivity contribution < 1.29 is 19.5 Å². The average molecular weight is 383 g/mol. The van der Waals surface area contributed by atoms with Crippen molar-refractivity contribution in [2.75, 3.05) is 0 Å². The summed E-state index contributed by atoms with van der Waals surface area (Å²) in [5.41, 5.74) is 0.843. The molecule has 124 valence electrons. The van der Waals surface area contributed by atoms with Gasteiger partial charge in [0.2, 0.25) is 11.8 Å². The predicted molar refractivity (Wildman–Crippen MR) is 87.6 cm³/mol. The van der Waals surface area contributed by atoms with Crippen LogP contribution in [0.3, 0.4) is 0 Å². The van der Waals surface area contributed by atoms with E-state index in [4.69, 9.17) is 5.11 Å². The van der Waals surface area contributed by atoms with Gasteiger partial charge in [0.15, 0.2) is 0 Å². The van der Waals surface area contributed by atoms with E-state index in [0.29, 0.717) is 12.8 Å². The minimum absolute atomic E-state index is 0.0912. The highest BCUT2D eigenvalue weighted by Crippen LogP contribution is 2.28. The Bertz CT molecular complexity index is 597. The predicted octanol–water partition coefficient (Wildman–Crippen LogP) is 2.00. The SMILES string of the molecule is CC(=O)NC(CC(=O)NC1CC(C(=O)O)C1)c1ccc(Br)cc1. The Hall–Kier alpha value is -1.89. The zero-order chi connectivity index (χ0) is 17.0. The van der Waals surface area contributed by atoms with Gasteiger partial charge in [-0.25, -0.2) is 0 Å². The van der Waals surface area contributed by atoms with E-state index in [9.17, 15) is 14.4 Å². The zero-order valence-corrected chi connectivity index (χ0v) is 14.3. The van der Waals surface area contributed by atoms with E-state index in [0.717, 1.165) is 10.0 Å². The van der Waals surface area contributed by atoms with Crippen LogP contribution in [0.25, 0.3) is 0 Å². The first-order chi connectivity index (χ1) is 10.8. The summed E-state index contributed by atoms with van der Waals surface area (Å²) in [5.74, 6) is -1.58. The Labute approximate surface area is 142 Å². The normalized spacial score (nSPS) is 21.0. The van der Waals surface area contributed by atoms with Gasteiger partial charge >= 0.3 is 5.97 Å². The Morgan fingerprint density at radius 2 is 1.87 bits per heavy atom. The zero-order valence-electron chi connectivity index (χ0n) is 12.7. The quantitative estimate of drug-likeness (QED) is 0.700. The van der Waals surface area contributed by atoms with Gasteiger partial charge in [0.05, 0.1) is 18.4 Å². The van der Waals surface area contributed by atoms with Crippen LogP contribution in [0, 0.1) is 5.92 Å². The number of carbonyl (C=O) groups is 3. The fraction of sp³-hybridized carbons (Fsp3) is 0.438. The van der Waals surface area contributed by atoms with Gasteiger partial charge in [-0.05, 0) is 30.5 Å². The molecule has 1 aliphatic rings. The van der Waals surface area contributed by atoms with Crippen LogP contribution in [0.5, 0.6) is 0 Å². The third kappa shape index (κ3) is 5.06. The van der Waals surface area contributed by atoms with Crippen molar-refractivity contribution in [3.63, 3.8) is 0 Å². The van der Waals surface area contributed by atoms with E-state index in [2.05, 4.69) is 26.6 Å². The third-order valence-corrected chi connectivity index (χ3v) is 4.42. The second kappa shape index (κ2) is 7.59. The molecule has 1 atom stereocenters. The van der Waals surface area contributed by atoms with Gasteiger partial charge < -0.3 is 15.7 Å². The first-order valence-corrected chi connectivity index (χ1v) is 8.19. The number of halogens is 1. The lowest BCUT2D eigenvalue weighted by Gasteiger charge is -2.33. The minimum atomic E-state index is -0.818. The number of aliphatic carboxylic acids is 1. The van der Waals surface area contributed by atoms with E-state index < -0.39 is 12.0 Å². The van der Waals surface area contributed by atoms with Crippen LogP contribution in [0.2, 0.25) is 0 Å². The summed E-state index contributed by atoms with van der Waals surface area (Å²) in [6.45, 7) is 1.41. The van der Waals surface area contributed by atoms with Crippen LogP contribution in [-0.4, -0.2) is 28.9 Å². The van der Waals surface area contributed by atoms with Crippen LogP contribution >= 0.6 is 15.9 Å². The molecule has 1 saturated carbocycles. The van der Waals surface area contributed by atoms with Crippen molar-refractivity contribution in [1.29, 1.82) is 0 Å². The highest BCUT2D eigenvalue weighted by atomic mass is 79.9. The van der Waals surface area contributed by atoms with Crippen molar-refractivity contribution in [3.8, 4) is 0 Å². The molecule has 1 aromatic rings. The maximum absolute atomic E-state index is 12.1. The maximum atomic E-state index is 12.1. The summed E-state index contributed by atoms with van der Waals surface area (Å²) >= 11 is 3.35. The molecular formula is C16H19BrN2O4. The number of carbonyl (C=O) groups excluding carboxylic acids is 2. The highest BCUT2D eigenvalue weighted by Gasteiger charge is 2.35. The number of benzene rings is 1. The first-order valence-electron chi connectivity index (χ1n) is 7.40. The fourth-order valence-electron chi connectivity index (χ4n) is 2.60. The number of hydrogen-bond donors (Lipinski definition) is 3. The highest BCUT2D eigenvalue weighted by molar-refractivity contribution is 9.10. The molecule has 2 amide bonds. The largest absolute Gasteiger partial charge is 0.481 e. The van der Waals surface area contributed by atoms with Gasteiger partial charge in [-0.2, -0.15) is 0 Å². The molecule has 0 radical (unpaired) electrons. The number of hydrogen-bond acceptors (Lipinski definition) is 3. The topological polar surface area (TPSA) is 95.5 Å². The molecule has 23 heavy (non-hydrogen) atoms. The lowest BCUT2D eigenvalue weighted by Crippen LogP contribution is -2.47. The lowest BCUT2D eigenvalue weighted by molar-refractivity contribution is -0.146. The van der Waals surface area contributed by atoms with Crippen molar-refractivity contribution >= 4 is 33.7 Å². The molecule has 1 aliphatic carbocycles. The van der Waals surface area contributed by atoms with E-state index in [1.165, 1.54) is 6.92 Å². The smallest absolute Gasteiger partial charge is 0.306 e. The summed E-state index contributed by atoms with van der Waals surface area (Å²) in [4.78, 5) is 34.3. The lowest BCUT2D eigenvalue weighted by atomic mass is 9.80. The number of carboxylic acids is 1. The second-order valence-electron chi connectivity index (χ2n) is 5.78. The first kappa shape index (κ1) is 17.5. The standard InChI is InChI=1S/C16H19BrN2O4/c1-9(20)18-14(10-2-4-12(17)5-3-10)8-15(21)19-13-6-11(7-13)16(22)23/h2-5,11,13-14H,6-8H2,1H3,(H,18,20)(H,19,21)(H,22,23). The van der Waals surface area contributed by atoms with Gasteiger partial charge in [-0.3, -0.25) is 14.4 Å². The van der Waals surface area contributed by atoms with Crippen LogP contribution in [0.1, 0.15) is 37.8 Å². The van der Waals surface area contributed by atoms with Crippen molar-refractivity contribution in [3.05, 3.63) is 34.3 Å². The number of amides is 2. The van der Waals surface area contributed by atoms with Crippen LogP contribution in [0.4, 0.5) is 0 Å². The van der Waals surface area contributed by atoms with Gasteiger partial charge in [-0.15, -0.1) is 0 Å². The molecule has 1 aromatic carbocycles. The Kier molecular flexibility index (Phi) is 5.76. The molecule has 1 fully saturated rings. The number of rotatable bonds is 6. The molecule has 0 bridgehead atoms. The van der Waals surface area contributed by atoms with Crippen LogP contribution in [0.15, 0.2) is 28.7 Å². The van der Waals surface area contributed by atoms with Crippen molar-refractivity contribution in [1.82, 2.24) is 10.6 Å². The number of nitrogens with one attached hydrogen (secondary N) is 2.